The van der Waals surface area contributed by atoms with Crippen LogP contribution < -0.4 is 0 Å². The number of benzene rings is 1. The highest BCUT2D eigenvalue weighted by molar-refractivity contribution is 5.93. The first-order chi connectivity index (χ1) is 14.9. The van der Waals surface area contributed by atoms with Gasteiger partial charge in [0.1, 0.15) is 0 Å². The second-order valence-corrected chi connectivity index (χ2v) is 10.3. The Kier molecular flexibility index (Phi) is 4.87. The predicted molar refractivity (Wildman–Crippen MR) is 124 cm³/mol. The van der Waals surface area contributed by atoms with E-state index in [1.165, 1.54) is 16.7 Å². The van der Waals surface area contributed by atoms with Gasteiger partial charge in [-0.3, -0.25) is 4.79 Å². The molecule has 1 N–H and O–H groups in total. The van der Waals surface area contributed by atoms with Crippen molar-refractivity contribution in [2.75, 3.05) is 0 Å². The van der Waals surface area contributed by atoms with E-state index in [4.69, 9.17) is 6.42 Å². The molecule has 0 spiro atoms. The van der Waals surface area contributed by atoms with Crippen LogP contribution >= 0.6 is 0 Å². The lowest BCUT2D eigenvalue weighted by atomic mass is 9.51. The van der Waals surface area contributed by atoms with Gasteiger partial charge in [0.15, 0.2) is 5.78 Å². The summed E-state index contributed by atoms with van der Waals surface area (Å²) in [7, 11) is 0. The fourth-order valence-corrected chi connectivity index (χ4v) is 7.44. The van der Waals surface area contributed by atoms with E-state index in [1.54, 1.807) is 5.57 Å². The summed E-state index contributed by atoms with van der Waals surface area (Å²) in [4.78, 5) is 12.1. The van der Waals surface area contributed by atoms with Gasteiger partial charge in [0.05, 0.1) is 5.60 Å². The van der Waals surface area contributed by atoms with Gasteiger partial charge in [0.25, 0.3) is 0 Å². The summed E-state index contributed by atoms with van der Waals surface area (Å²) in [6.07, 6.45) is 16.5. The molecule has 4 aliphatic carbocycles. The fourth-order valence-electron chi connectivity index (χ4n) is 7.44. The van der Waals surface area contributed by atoms with Gasteiger partial charge in [0, 0.05) is 23.3 Å². The van der Waals surface area contributed by atoms with E-state index in [0.29, 0.717) is 24.7 Å². The molecule has 160 valence electrons. The van der Waals surface area contributed by atoms with E-state index < -0.39 is 5.60 Å². The molecule has 0 aliphatic heterocycles. The fraction of sp³-hybridized carbons (Fsp3) is 0.483. The highest BCUT2D eigenvalue weighted by Gasteiger charge is 2.62. The number of hydrogen-bond acceptors (Lipinski definition) is 2. The van der Waals surface area contributed by atoms with Crippen molar-refractivity contribution in [1.82, 2.24) is 0 Å². The lowest BCUT2D eigenvalue weighted by Gasteiger charge is -2.55. The van der Waals surface area contributed by atoms with Crippen molar-refractivity contribution in [3.63, 3.8) is 0 Å². The van der Waals surface area contributed by atoms with Crippen LogP contribution in [0.1, 0.15) is 75.3 Å². The number of terminal acetylenes is 1. The van der Waals surface area contributed by atoms with Gasteiger partial charge in [-0.25, -0.2) is 0 Å². The minimum absolute atomic E-state index is 0.142. The highest BCUT2D eigenvalue weighted by atomic mass is 16.3. The molecule has 2 fully saturated rings. The van der Waals surface area contributed by atoms with E-state index in [1.807, 2.05) is 24.3 Å². The molecule has 5 atom stereocenters. The van der Waals surface area contributed by atoms with Crippen LogP contribution in [0, 0.1) is 29.6 Å². The number of aliphatic hydroxyl groups is 1. The standard InChI is InChI=1S/C29H32O2/c1-4-15-29(31)16-14-26-24-12-10-21-17-22(30)11-13-23(21)27(24)25(18-28(26,29)3)20-8-6-19(5-2)7-9-20/h2,4,6-9,17,24-26,31H,1,10-16,18H2,3H3/t24-,25+,26-,28-,29-/m0/s1. The van der Waals surface area contributed by atoms with Crippen molar-refractivity contribution in [3.8, 4) is 12.3 Å². The van der Waals surface area contributed by atoms with Gasteiger partial charge in [-0.1, -0.05) is 36.6 Å². The predicted octanol–water partition coefficient (Wildman–Crippen LogP) is 5.87. The average Bonchev–Trinajstić information content (AvgIpc) is 3.03. The van der Waals surface area contributed by atoms with Gasteiger partial charge in [-0.2, -0.15) is 0 Å². The van der Waals surface area contributed by atoms with Crippen molar-refractivity contribution in [3.05, 3.63) is 70.8 Å². The molecule has 31 heavy (non-hydrogen) atoms. The third kappa shape index (κ3) is 3.01. The Morgan fingerprint density at radius 3 is 2.71 bits per heavy atom. The SMILES string of the molecule is C#Cc1ccc([C@H]2C[C@@]3(C)[C@@H](CC[C@@]3(O)CC=C)[C@@H]3CCC4=CC(=O)CCC4=C32)cc1. The van der Waals surface area contributed by atoms with E-state index in [9.17, 15) is 9.90 Å². The Balaban J connectivity index is 1.67. The molecule has 1 aromatic rings. The normalized spacial score (nSPS) is 36.7. The Bertz CT molecular complexity index is 1030. The van der Waals surface area contributed by atoms with Crippen LogP contribution in [0.4, 0.5) is 0 Å². The maximum absolute atomic E-state index is 12.1. The Morgan fingerprint density at radius 2 is 2.00 bits per heavy atom. The summed E-state index contributed by atoms with van der Waals surface area (Å²) < 4.78 is 0. The number of fused-ring (bicyclic) bond motifs is 4. The minimum Gasteiger partial charge on any atom is -0.389 e. The van der Waals surface area contributed by atoms with Crippen LogP contribution in [0.3, 0.4) is 0 Å². The first-order valence-electron chi connectivity index (χ1n) is 11.8. The van der Waals surface area contributed by atoms with E-state index in [-0.39, 0.29) is 17.1 Å². The van der Waals surface area contributed by atoms with Crippen LogP contribution in [0.25, 0.3) is 0 Å². The van der Waals surface area contributed by atoms with Gasteiger partial charge in [0.2, 0.25) is 0 Å². The molecule has 0 heterocycles. The van der Waals surface area contributed by atoms with E-state index >= 15 is 0 Å². The smallest absolute Gasteiger partial charge is 0.156 e. The molecule has 4 aliphatic rings. The van der Waals surface area contributed by atoms with Crippen LogP contribution in [-0.2, 0) is 4.79 Å². The molecule has 0 unspecified atom stereocenters. The molecule has 5 rings (SSSR count). The summed E-state index contributed by atoms with van der Waals surface area (Å²) in [5.41, 5.74) is 5.64. The van der Waals surface area contributed by atoms with Crippen LogP contribution in [0.2, 0.25) is 0 Å². The molecular weight excluding hydrogens is 380 g/mol. The lowest BCUT2D eigenvalue weighted by Crippen LogP contribution is -2.51. The van der Waals surface area contributed by atoms with Crippen molar-refractivity contribution in [1.29, 1.82) is 0 Å². The molecule has 0 aromatic heterocycles. The van der Waals surface area contributed by atoms with Crippen LogP contribution in [0.5, 0.6) is 0 Å². The third-order valence-electron chi connectivity index (χ3n) is 9.02. The number of carbonyl (C=O) groups is 1. The molecule has 2 heteroatoms. The number of carbonyl (C=O) groups excluding carboxylic acids is 1. The first kappa shape index (κ1) is 20.5. The highest BCUT2D eigenvalue weighted by Crippen LogP contribution is 2.67. The zero-order chi connectivity index (χ0) is 21.8. The van der Waals surface area contributed by atoms with Crippen molar-refractivity contribution in [2.45, 2.75) is 69.8 Å². The lowest BCUT2D eigenvalue weighted by molar-refractivity contribution is -0.114. The van der Waals surface area contributed by atoms with Gasteiger partial charge in [-0.05, 0) is 91.7 Å². The Labute approximate surface area is 186 Å². The summed E-state index contributed by atoms with van der Waals surface area (Å²) in [6, 6.07) is 8.44. The Morgan fingerprint density at radius 1 is 1.23 bits per heavy atom. The van der Waals surface area contributed by atoms with Crippen molar-refractivity contribution in [2.24, 2.45) is 17.3 Å². The van der Waals surface area contributed by atoms with E-state index in [0.717, 1.165) is 44.1 Å². The summed E-state index contributed by atoms with van der Waals surface area (Å²) in [6.45, 7) is 6.28. The van der Waals surface area contributed by atoms with Gasteiger partial charge in [-0.15, -0.1) is 13.0 Å². The average molecular weight is 413 g/mol. The quantitative estimate of drug-likeness (QED) is 0.498. The number of rotatable bonds is 3. The summed E-state index contributed by atoms with van der Waals surface area (Å²) >= 11 is 0. The van der Waals surface area contributed by atoms with Crippen molar-refractivity contribution >= 4 is 5.78 Å². The zero-order valence-corrected chi connectivity index (χ0v) is 18.5. The van der Waals surface area contributed by atoms with E-state index in [2.05, 4.69) is 31.6 Å². The Hall–Kier alpha value is -2.37. The molecule has 0 bridgehead atoms. The second-order valence-electron chi connectivity index (χ2n) is 10.3. The molecule has 2 saturated carbocycles. The molecular formula is C29H32O2. The molecule has 0 saturated heterocycles. The topological polar surface area (TPSA) is 37.3 Å². The summed E-state index contributed by atoms with van der Waals surface area (Å²) in [5, 5.41) is 11.8. The largest absolute Gasteiger partial charge is 0.389 e. The minimum atomic E-state index is -0.689. The molecule has 0 radical (unpaired) electrons. The monoisotopic (exact) mass is 412 g/mol. The maximum Gasteiger partial charge on any atom is 0.156 e. The maximum atomic E-state index is 12.1. The second kappa shape index (κ2) is 7.35. The molecule has 2 nitrogen and oxygen atoms in total. The van der Waals surface area contributed by atoms with Gasteiger partial charge >= 0.3 is 0 Å². The number of hydrogen-bond donors (Lipinski definition) is 1. The molecule has 1 aromatic carbocycles. The van der Waals surface area contributed by atoms with Gasteiger partial charge < -0.3 is 5.11 Å². The zero-order valence-electron chi connectivity index (χ0n) is 18.5. The van der Waals surface area contributed by atoms with Crippen molar-refractivity contribution < 1.29 is 9.90 Å². The first-order valence-corrected chi connectivity index (χ1v) is 11.8. The van der Waals surface area contributed by atoms with Crippen LogP contribution in [0.15, 0.2) is 59.7 Å². The third-order valence-corrected chi connectivity index (χ3v) is 9.02. The molecule has 0 amide bonds. The van der Waals surface area contributed by atoms with Crippen LogP contribution in [-0.4, -0.2) is 16.5 Å². The number of allylic oxidation sites excluding steroid dienone is 4. The summed E-state index contributed by atoms with van der Waals surface area (Å²) in [5.74, 6) is 4.23. The number of ketones is 1.